The van der Waals surface area contributed by atoms with Crippen molar-refractivity contribution in [3.05, 3.63) is 41.8 Å². The van der Waals surface area contributed by atoms with Crippen molar-refractivity contribution in [1.29, 1.82) is 0 Å². The normalized spacial score (nSPS) is 10.3. The van der Waals surface area contributed by atoms with Crippen LogP contribution in [0.5, 0.6) is 11.6 Å². The smallest absolute Gasteiger partial charge is 0.260 e. The highest BCUT2D eigenvalue weighted by molar-refractivity contribution is 5.30. The second-order valence-corrected chi connectivity index (χ2v) is 3.06. The first-order valence-electron chi connectivity index (χ1n) is 4.47. The summed E-state index contributed by atoms with van der Waals surface area (Å²) in [6.07, 6.45) is 0.817. The Morgan fingerprint density at radius 2 is 1.82 bits per heavy atom. The fourth-order valence-corrected chi connectivity index (χ4v) is 1.09. The zero-order valence-electron chi connectivity index (χ0n) is 8.32. The lowest BCUT2D eigenvalue weighted by molar-refractivity contribution is 0.414. The Kier molecular flexibility index (Phi) is 2.82. The van der Waals surface area contributed by atoms with Gasteiger partial charge in [0.15, 0.2) is 11.6 Å². The number of anilines is 1. The van der Waals surface area contributed by atoms with Crippen LogP contribution in [-0.2, 0) is 0 Å². The van der Waals surface area contributed by atoms with Crippen LogP contribution in [0.4, 0.5) is 19.1 Å². The molecule has 0 atom stereocenters. The van der Waals surface area contributed by atoms with Crippen LogP contribution in [0.2, 0.25) is 0 Å². The van der Waals surface area contributed by atoms with Crippen LogP contribution < -0.4 is 10.5 Å². The summed E-state index contributed by atoms with van der Waals surface area (Å²) in [6, 6.07) is 2.76. The predicted octanol–water partition coefficient (Wildman–Crippen LogP) is 2.27. The van der Waals surface area contributed by atoms with Crippen LogP contribution in [0.15, 0.2) is 24.4 Å². The molecule has 2 rings (SSSR count). The molecule has 1 aromatic carbocycles. The molecule has 0 aliphatic rings. The molecular formula is C10H6F3N3O. The number of nitrogen functional groups attached to an aromatic ring is 1. The van der Waals surface area contributed by atoms with Crippen molar-refractivity contribution in [2.45, 2.75) is 0 Å². The molecule has 88 valence electrons. The molecule has 17 heavy (non-hydrogen) atoms. The number of ether oxygens (including phenoxy) is 1. The monoisotopic (exact) mass is 241 g/mol. The third kappa shape index (κ3) is 2.44. The summed E-state index contributed by atoms with van der Waals surface area (Å²) >= 11 is 0. The van der Waals surface area contributed by atoms with Crippen molar-refractivity contribution in [2.75, 3.05) is 5.73 Å². The molecule has 0 unspecified atom stereocenters. The zero-order chi connectivity index (χ0) is 12.4. The Morgan fingerprint density at radius 3 is 2.53 bits per heavy atom. The molecule has 2 N–H and O–H groups in total. The maximum absolute atomic E-state index is 13.2. The third-order valence-electron chi connectivity index (χ3n) is 1.84. The first kappa shape index (κ1) is 11.2. The number of hydrogen-bond acceptors (Lipinski definition) is 4. The summed E-state index contributed by atoms with van der Waals surface area (Å²) in [6.45, 7) is 0. The van der Waals surface area contributed by atoms with Crippen LogP contribution in [-0.4, -0.2) is 9.97 Å². The lowest BCUT2D eigenvalue weighted by atomic mass is 10.3. The summed E-state index contributed by atoms with van der Waals surface area (Å²) in [5.41, 5.74) is 5.23. The lowest BCUT2D eigenvalue weighted by Gasteiger charge is -2.05. The molecular weight excluding hydrogens is 235 g/mol. The van der Waals surface area contributed by atoms with Gasteiger partial charge < -0.3 is 10.5 Å². The average molecular weight is 241 g/mol. The number of nitrogens with two attached hydrogens (primary N) is 1. The lowest BCUT2D eigenvalue weighted by Crippen LogP contribution is -1.99. The van der Waals surface area contributed by atoms with Gasteiger partial charge in [0.25, 0.3) is 5.88 Å². The second kappa shape index (κ2) is 4.28. The number of hydrogen-bond donors (Lipinski definition) is 1. The second-order valence-electron chi connectivity index (χ2n) is 3.06. The van der Waals surface area contributed by atoms with E-state index in [1.165, 1.54) is 0 Å². The highest BCUT2D eigenvalue weighted by Crippen LogP contribution is 2.23. The summed E-state index contributed by atoms with van der Waals surface area (Å²) in [4.78, 5) is 6.86. The minimum Gasteiger partial charge on any atom is -0.436 e. The Balaban J connectivity index is 2.31. The standard InChI is InChI=1S/C10H6F3N3O/c11-6-2-1-5(3-7(6)12)17-9-8(13)4-15-10(14)16-9/h1-4H,(H2,14,15,16). The van der Waals surface area contributed by atoms with Gasteiger partial charge >= 0.3 is 0 Å². The van der Waals surface area contributed by atoms with Gasteiger partial charge in [0.2, 0.25) is 11.8 Å². The topological polar surface area (TPSA) is 61.0 Å². The minimum absolute atomic E-state index is 0.0964. The van der Waals surface area contributed by atoms with Gasteiger partial charge in [-0.05, 0) is 12.1 Å². The Labute approximate surface area is 93.9 Å². The molecule has 2 aromatic rings. The molecule has 1 heterocycles. The number of rotatable bonds is 2. The molecule has 0 aliphatic heterocycles. The van der Waals surface area contributed by atoms with Gasteiger partial charge in [0, 0.05) is 6.07 Å². The van der Waals surface area contributed by atoms with Gasteiger partial charge in [-0.2, -0.15) is 9.37 Å². The highest BCUT2D eigenvalue weighted by Gasteiger charge is 2.10. The van der Waals surface area contributed by atoms with Crippen LogP contribution in [0.3, 0.4) is 0 Å². The molecule has 0 amide bonds. The Morgan fingerprint density at radius 1 is 1.06 bits per heavy atom. The van der Waals surface area contributed by atoms with Gasteiger partial charge in [-0.25, -0.2) is 13.8 Å². The van der Waals surface area contributed by atoms with Crippen molar-refractivity contribution in [3.63, 3.8) is 0 Å². The minimum atomic E-state index is -1.11. The van der Waals surface area contributed by atoms with E-state index >= 15 is 0 Å². The summed E-state index contributed by atoms with van der Waals surface area (Å²) in [5, 5.41) is 0. The van der Waals surface area contributed by atoms with E-state index in [0.29, 0.717) is 0 Å². The maximum Gasteiger partial charge on any atom is 0.260 e. The van der Waals surface area contributed by atoms with Gasteiger partial charge in [0.05, 0.1) is 6.20 Å². The van der Waals surface area contributed by atoms with E-state index in [1.807, 2.05) is 0 Å². The largest absolute Gasteiger partial charge is 0.436 e. The van der Waals surface area contributed by atoms with Crippen LogP contribution >= 0.6 is 0 Å². The maximum atomic E-state index is 13.2. The van der Waals surface area contributed by atoms with E-state index < -0.39 is 23.3 Å². The van der Waals surface area contributed by atoms with Crippen molar-refractivity contribution in [1.82, 2.24) is 9.97 Å². The molecule has 1 aromatic heterocycles. The van der Waals surface area contributed by atoms with E-state index in [4.69, 9.17) is 10.5 Å². The van der Waals surface area contributed by atoms with E-state index in [2.05, 4.69) is 9.97 Å². The van der Waals surface area contributed by atoms with E-state index in [9.17, 15) is 13.2 Å². The molecule has 0 spiro atoms. The fraction of sp³-hybridized carbons (Fsp3) is 0. The van der Waals surface area contributed by atoms with Crippen molar-refractivity contribution in [3.8, 4) is 11.6 Å². The SMILES string of the molecule is Nc1ncc(F)c(Oc2ccc(F)c(F)c2)n1. The molecule has 0 aliphatic carbocycles. The van der Waals surface area contributed by atoms with Crippen molar-refractivity contribution >= 4 is 5.95 Å². The molecule has 4 nitrogen and oxygen atoms in total. The average Bonchev–Trinajstić information content (AvgIpc) is 2.29. The van der Waals surface area contributed by atoms with Gasteiger partial charge in [-0.15, -0.1) is 0 Å². The number of halogens is 3. The fourth-order valence-electron chi connectivity index (χ4n) is 1.09. The highest BCUT2D eigenvalue weighted by atomic mass is 19.2. The molecule has 0 bridgehead atoms. The van der Waals surface area contributed by atoms with E-state index in [1.54, 1.807) is 0 Å². The molecule has 0 radical (unpaired) electrons. The number of benzene rings is 1. The number of aromatic nitrogens is 2. The molecule has 0 saturated heterocycles. The van der Waals surface area contributed by atoms with Crippen LogP contribution in [0.1, 0.15) is 0 Å². The molecule has 0 fully saturated rings. The first-order chi connectivity index (χ1) is 8.06. The zero-order valence-corrected chi connectivity index (χ0v) is 8.32. The van der Waals surface area contributed by atoms with Crippen LogP contribution in [0.25, 0.3) is 0 Å². The predicted molar refractivity (Wildman–Crippen MR) is 52.8 cm³/mol. The van der Waals surface area contributed by atoms with Crippen molar-refractivity contribution < 1.29 is 17.9 Å². The first-order valence-corrected chi connectivity index (χ1v) is 4.47. The molecule has 0 saturated carbocycles. The van der Waals surface area contributed by atoms with Crippen molar-refractivity contribution in [2.24, 2.45) is 0 Å². The summed E-state index contributed by atoms with van der Waals surface area (Å²) in [7, 11) is 0. The third-order valence-corrected chi connectivity index (χ3v) is 1.84. The quantitative estimate of drug-likeness (QED) is 0.876. The number of nitrogens with zero attached hydrogens (tertiary/aromatic N) is 2. The Bertz CT molecular complexity index is 562. The van der Waals surface area contributed by atoms with Gasteiger partial charge in [0.1, 0.15) is 5.75 Å². The summed E-state index contributed by atoms with van der Waals surface area (Å²) < 4.78 is 43.6. The molecule has 7 heteroatoms. The van der Waals surface area contributed by atoms with Gasteiger partial charge in [-0.3, -0.25) is 0 Å². The van der Waals surface area contributed by atoms with Crippen LogP contribution in [0, 0.1) is 17.5 Å². The van der Waals surface area contributed by atoms with Gasteiger partial charge in [-0.1, -0.05) is 0 Å². The van der Waals surface area contributed by atoms with E-state index in [-0.39, 0.29) is 11.7 Å². The Hall–Kier alpha value is -2.31. The summed E-state index contributed by atoms with van der Waals surface area (Å²) in [5.74, 6) is -3.73. The van der Waals surface area contributed by atoms with E-state index in [0.717, 1.165) is 24.4 Å².